The van der Waals surface area contributed by atoms with Gasteiger partial charge in [0.2, 0.25) is 5.91 Å². The average molecular weight is 396 g/mol. The van der Waals surface area contributed by atoms with E-state index in [-0.39, 0.29) is 27.8 Å². The van der Waals surface area contributed by atoms with E-state index in [2.05, 4.69) is 5.32 Å². The summed E-state index contributed by atoms with van der Waals surface area (Å²) in [6.07, 6.45) is 0. The number of nitrogens with zero attached hydrogens (tertiary/aromatic N) is 1. The second kappa shape index (κ2) is 8.78. The summed E-state index contributed by atoms with van der Waals surface area (Å²) >= 11 is 1.99. The highest BCUT2D eigenvalue weighted by Gasteiger charge is 2.22. The van der Waals surface area contributed by atoms with E-state index in [4.69, 9.17) is 4.74 Å². The predicted molar refractivity (Wildman–Crippen MR) is 95.4 cm³/mol. The third kappa shape index (κ3) is 4.59. The third-order valence-electron chi connectivity index (χ3n) is 3.23. The number of thiophene rings is 1. The molecule has 0 aliphatic carbocycles. The third-order valence-corrected chi connectivity index (χ3v) is 5.41. The van der Waals surface area contributed by atoms with E-state index in [0.29, 0.717) is 10.5 Å². The number of rotatable bonds is 6. The molecule has 0 atom stereocenters. The van der Waals surface area contributed by atoms with Crippen molar-refractivity contribution in [3.63, 3.8) is 0 Å². The van der Waals surface area contributed by atoms with Gasteiger partial charge < -0.3 is 10.1 Å². The van der Waals surface area contributed by atoms with Crippen LogP contribution in [0.15, 0.2) is 23.1 Å². The molecule has 0 saturated heterocycles. The molecule has 0 saturated carbocycles. The van der Waals surface area contributed by atoms with E-state index >= 15 is 0 Å². The van der Waals surface area contributed by atoms with Gasteiger partial charge in [-0.15, -0.1) is 23.1 Å². The van der Waals surface area contributed by atoms with Gasteiger partial charge in [-0.05, 0) is 37.6 Å². The van der Waals surface area contributed by atoms with Gasteiger partial charge in [-0.3, -0.25) is 4.79 Å². The molecule has 2 rings (SSSR count). The number of hydrogen-bond donors (Lipinski definition) is 1. The molecule has 0 spiro atoms. The fourth-order valence-corrected chi connectivity index (χ4v) is 3.79. The maximum Gasteiger partial charge on any atom is 0.348 e. The van der Waals surface area contributed by atoms with Gasteiger partial charge in [0, 0.05) is 4.90 Å². The van der Waals surface area contributed by atoms with Crippen LogP contribution >= 0.6 is 23.1 Å². The van der Waals surface area contributed by atoms with E-state index in [1.54, 1.807) is 13.8 Å². The first-order valence-electron chi connectivity index (χ1n) is 7.45. The van der Waals surface area contributed by atoms with Crippen molar-refractivity contribution in [2.75, 3.05) is 17.7 Å². The number of anilines is 1. The van der Waals surface area contributed by atoms with Gasteiger partial charge in [-0.25, -0.2) is 13.6 Å². The highest BCUT2D eigenvalue weighted by molar-refractivity contribution is 8.00. The Morgan fingerprint density at radius 1 is 1.35 bits per heavy atom. The number of esters is 1. The van der Waals surface area contributed by atoms with Gasteiger partial charge in [0.05, 0.1) is 17.9 Å². The van der Waals surface area contributed by atoms with Crippen LogP contribution in [0.25, 0.3) is 0 Å². The molecule has 1 amide bonds. The summed E-state index contributed by atoms with van der Waals surface area (Å²) < 4.78 is 31.0. The molecular weight excluding hydrogens is 382 g/mol. The fourth-order valence-electron chi connectivity index (χ4n) is 2.01. The highest BCUT2D eigenvalue weighted by atomic mass is 32.2. The Balaban J connectivity index is 2.08. The van der Waals surface area contributed by atoms with Crippen LogP contribution in [0.1, 0.15) is 27.7 Å². The lowest BCUT2D eigenvalue weighted by atomic mass is 10.2. The normalized spacial score (nSPS) is 10.3. The first-order chi connectivity index (χ1) is 12.4. The van der Waals surface area contributed by atoms with E-state index in [1.165, 1.54) is 6.07 Å². The predicted octanol–water partition coefficient (Wildman–Crippen LogP) is 4.11. The van der Waals surface area contributed by atoms with Gasteiger partial charge in [0.25, 0.3) is 0 Å². The Kier molecular flexibility index (Phi) is 6.71. The lowest BCUT2D eigenvalue weighted by Gasteiger charge is -2.04. The van der Waals surface area contributed by atoms with Crippen molar-refractivity contribution in [1.29, 1.82) is 5.26 Å². The Morgan fingerprint density at radius 2 is 2.08 bits per heavy atom. The van der Waals surface area contributed by atoms with Gasteiger partial charge in [0.15, 0.2) is 11.6 Å². The lowest BCUT2D eigenvalue weighted by Crippen LogP contribution is -2.13. The number of hydrogen-bond acceptors (Lipinski definition) is 6. The number of thioether (sulfide) groups is 1. The molecule has 0 aliphatic heterocycles. The van der Waals surface area contributed by atoms with Gasteiger partial charge >= 0.3 is 5.97 Å². The molecule has 1 N–H and O–H groups in total. The number of benzene rings is 1. The van der Waals surface area contributed by atoms with Crippen molar-refractivity contribution in [2.24, 2.45) is 0 Å². The van der Waals surface area contributed by atoms with Crippen molar-refractivity contribution in [3.8, 4) is 6.07 Å². The first kappa shape index (κ1) is 19.9. The number of ether oxygens (including phenoxy) is 1. The molecule has 0 aliphatic rings. The van der Waals surface area contributed by atoms with Crippen molar-refractivity contribution in [2.45, 2.75) is 18.7 Å². The van der Waals surface area contributed by atoms with Crippen LogP contribution in [0, 0.1) is 29.9 Å². The summed E-state index contributed by atoms with van der Waals surface area (Å²) in [7, 11) is 0. The van der Waals surface area contributed by atoms with E-state index in [1.807, 2.05) is 6.07 Å². The summed E-state index contributed by atoms with van der Waals surface area (Å²) in [5.41, 5.74) is 0.642. The topological polar surface area (TPSA) is 79.2 Å². The Bertz CT molecular complexity index is 891. The van der Waals surface area contributed by atoms with Crippen molar-refractivity contribution in [3.05, 3.63) is 45.8 Å². The van der Waals surface area contributed by atoms with E-state index in [0.717, 1.165) is 35.2 Å². The smallest absolute Gasteiger partial charge is 0.348 e. The van der Waals surface area contributed by atoms with E-state index < -0.39 is 23.5 Å². The minimum absolute atomic E-state index is 0.0678. The zero-order valence-electron chi connectivity index (χ0n) is 13.9. The molecular formula is C17H14F2N2O3S2. The van der Waals surface area contributed by atoms with E-state index in [9.17, 15) is 23.6 Å². The summed E-state index contributed by atoms with van der Waals surface area (Å²) in [6.45, 7) is 3.47. The number of nitriles is 1. The molecule has 0 bridgehead atoms. The second-order valence-corrected chi connectivity index (χ2v) is 7.07. The molecule has 1 heterocycles. The van der Waals surface area contributed by atoms with Gasteiger partial charge in [-0.1, -0.05) is 0 Å². The number of carbonyl (C=O) groups excluding carboxylic acids is 2. The van der Waals surface area contributed by atoms with Crippen LogP contribution in [0.2, 0.25) is 0 Å². The molecule has 5 nitrogen and oxygen atoms in total. The molecule has 1 aromatic carbocycles. The number of amides is 1. The molecule has 0 fully saturated rings. The van der Waals surface area contributed by atoms with Crippen LogP contribution in [-0.4, -0.2) is 24.2 Å². The standard InChI is InChI=1S/C17H14F2N2O3S2/c1-3-24-17(23)15-9(2)11(7-20)16(26-15)21-14(22)8-25-10-4-5-12(18)13(19)6-10/h4-6H,3,8H2,1-2H3,(H,21,22). The summed E-state index contributed by atoms with van der Waals surface area (Å²) in [4.78, 5) is 24.7. The maximum absolute atomic E-state index is 13.2. The molecule has 9 heteroatoms. The molecule has 26 heavy (non-hydrogen) atoms. The quantitative estimate of drug-likeness (QED) is 0.587. The molecule has 0 radical (unpaired) electrons. The van der Waals surface area contributed by atoms with Crippen LogP contribution in [0.3, 0.4) is 0 Å². The Hall–Kier alpha value is -2.44. The largest absolute Gasteiger partial charge is 0.462 e. The minimum Gasteiger partial charge on any atom is -0.462 e. The van der Waals surface area contributed by atoms with Crippen molar-refractivity contribution >= 4 is 40.0 Å². The Morgan fingerprint density at radius 3 is 2.69 bits per heavy atom. The maximum atomic E-state index is 13.2. The van der Waals surface area contributed by atoms with Crippen LogP contribution in [0.5, 0.6) is 0 Å². The SMILES string of the molecule is CCOC(=O)c1sc(NC(=O)CSc2ccc(F)c(F)c2)c(C#N)c1C. The minimum atomic E-state index is -0.991. The van der Waals surface area contributed by atoms with Crippen LogP contribution in [0.4, 0.5) is 13.8 Å². The fraction of sp³-hybridized carbons (Fsp3) is 0.235. The second-order valence-electron chi connectivity index (χ2n) is 5.01. The highest BCUT2D eigenvalue weighted by Crippen LogP contribution is 2.33. The average Bonchev–Trinajstić information content (AvgIpc) is 2.91. The zero-order chi connectivity index (χ0) is 19.3. The lowest BCUT2D eigenvalue weighted by molar-refractivity contribution is -0.113. The molecule has 136 valence electrons. The monoisotopic (exact) mass is 396 g/mol. The zero-order valence-corrected chi connectivity index (χ0v) is 15.5. The molecule has 0 unspecified atom stereocenters. The number of halogens is 2. The van der Waals surface area contributed by atoms with Gasteiger partial charge in [0.1, 0.15) is 15.9 Å². The van der Waals surface area contributed by atoms with Crippen molar-refractivity contribution < 1.29 is 23.1 Å². The van der Waals surface area contributed by atoms with Gasteiger partial charge in [-0.2, -0.15) is 5.26 Å². The summed E-state index contributed by atoms with van der Waals surface area (Å²) in [6, 6.07) is 5.32. The molecule has 2 aromatic rings. The van der Waals surface area contributed by atoms with Crippen LogP contribution < -0.4 is 5.32 Å². The summed E-state index contributed by atoms with van der Waals surface area (Å²) in [5.74, 6) is -3.01. The Labute approximate surface area is 157 Å². The molecule has 1 aromatic heterocycles. The summed E-state index contributed by atoms with van der Waals surface area (Å²) in [5, 5.41) is 12.1. The van der Waals surface area contributed by atoms with Crippen LogP contribution in [-0.2, 0) is 9.53 Å². The number of nitrogens with one attached hydrogen (secondary N) is 1. The first-order valence-corrected chi connectivity index (χ1v) is 9.25. The number of carbonyl (C=O) groups is 2. The van der Waals surface area contributed by atoms with Crippen molar-refractivity contribution in [1.82, 2.24) is 0 Å².